The van der Waals surface area contributed by atoms with Gasteiger partial charge < -0.3 is 5.32 Å². The molecule has 19 heavy (non-hydrogen) atoms. The van der Waals surface area contributed by atoms with Crippen LogP contribution in [0.4, 0.5) is 5.69 Å². The summed E-state index contributed by atoms with van der Waals surface area (Å²) < 4.78 is 0. The zero-order chi connectivity index (χ0) is 14.3. The van der Waals surface area contributed by atoms with Gasteiger partial charge >= 0.3 is 0 Å². The number of hydrogen-bond acceptors (Lipinski definition) is 4. The molecule has 0 saturated heterocycles. The lowest BCUT2D eigenvalue weighted by Crippen LogP contribution is -2.34. The highest BCUT2D eigenvalue weighted by Crippen LogP contribution is 2.10. The molecular formula is C12H16N4O2S. The largest absolute Gasteiger partial charge is 0.361 e. The molecular weight excluding hydrogens is 264 g/mol. The van der Waals surface area contributed by atoms with Gasteiger partial charge in [0.2, 0.25) is 0 Å². The number of hydrogen-bond donors (Lipinski definition) is 2. The predicted octanol–water partition coefficient (Wildman–Crippen LogP) is 2.05. The second-order valence-corrected chi connectivity index (χ2v) is 4.73. The SMILES string of the molecule is CC(C)CNC(=S)N/N=C/c1ccc([N+](=O)[O-])cc1. The van der Waals surface area contributed by atoms with Gasteiger partial charge in [0.25, 0.3) is 5.69 Å². The Morgan fingerprint density at radius 2 is 2.11 bits per heavy atom. The number of non-ortho nitro benzene ring substituents is 1. The Balaban J connectivity index is 2.44. The summed E-state index contributed by atoms with van der Waals surface area (Å²) >= 11 is 5.02. The van der Waals surface area contributed by atoms with E-state index in [1.165, 1.54) is 12.1 Å². The van der Waals surface area contributed by atoms with Gasteiger partial charge in [0.15, 0.2) is 5.11 Å². The van der Waals surface area contributed by atoms with Crippen LogP contribution in [-0.4, -0.2) is 22.8 Å². The second kappa shape index (κ2) is 7.42. The first-order valence-corrected chi connectivity index (χ1v) is 6.21. The van der Waals surface area contributed by atoms with Gasteiger partial charge in [0.1, 0.15) is 0 Å². The van der Waals surface area contributed by atoms with Gasteiger partial charge in [-0.15, -0.1) is 0 Å². The molecule has 1 aromatic carbocycles. The zero-order valence-corrected chi connectivity index (χ0v) is 11.6. The summed E-state index contributed by atoms with van der Waals surface area (Å²) in [7, 11) is 0. The summed E-state index contributed by atoms with van der Waals surface area (Å²) in [6, 6.07) is 6.09. The van der Waals surface area contributed by atoms with Gasteiger partial charge in [0, 0.05) is 18.7 Å². The number of nitrogens with zero attached hydrogens (tertiary/aromatic N) is 2. The Morgan fingerprint density at radius 3 is 2.63 bits per heavy atom. The minimum absolute atomic E-state index is 0.0548. The van der Waals surface area contributed by atoms with Gasteiger partial charge in [-0.25, -0.2) is 0 Å². The summed E-state index contributed by atoms with van der Waals surface area (Å²) in [5.41, 5.74) is 3.49. The average molecular weight is 280 g/mol. The molecule has 1 aromatic rings. The molecule has 0 spiro atoms. The molecule has 0 aromatic heterocycles. The van der Waals surface area contributed by atoms with E-state index in [0.29, 0.717) is 11.0 Å². The van der Waals surface area contributed by atoms with Crippen LogP contribution in [0.5, 0.6) is 0 Å². The van der Waals surface area contributed by atoms with Crippen LogP contribution in [0, 0.1) is 16.0 Å². The first kappa shape index (κ1) is 15.0. The van der Waals surface area contributed by atoms with E-state index in [-0.39, 0.29) is 5.69 Å². The van der Waals surface area contributed by atoms with E-state index in [2.05, 4.69) is 29.7 Å². The average Bonchev–Trinajstić information content (AvgIpc) is 2.37. The maximum Gasteiger partial charge on any atom is 0.269 e. The minimum atomic E-state index is -0.440. The summed E-state index contributed by atoms with van der Waals surface area (Å²) in [6.45, 7) is 4.93. The van der Waals surface area contributed by atoms with Crippen LogP contribution >= 0.6 is 12.2 Å². The van der Waals surface area contributed by atoms with E-state index >= 15 is 0 Å². The maximum atomic E-state index is 10.5. The van der Waals surface area contributed by atoms with Gasteiger partial charge in [0.05, 0.1) is 11.1 Å². The van der Waals surface area contributed by atoms with Crippen LogP contribution in [-0.2, 0) is 0 Å². The second-order valence-electron chi connectivity index (χ2n) is 4.32. The maximum absolute atomic E-state index is 10.5. The normalized spacial score (nSPS) is 10.7. The fraction of sp³-hybridized carbons (Fsp3) is 0.333. The summed E-state index contributed by atoms with van der Waals surface area (Å²) in [5.74, 6) is 0.499. The van der Waals surface area contributed by atoms with Crippen molar-refractivity contribution >= 4 is 29.2 Å². The highest BCUT2D eigenvalue weighted by atomic mass is 32.1. The van der Waals surface area contributed by atoms with Crippen LogP contribution < -0.4 is 10.7 Å². The first-order valence-electron chi connectivity index (χ1n) is 5.80. The first-order chi connectivity index (χ1) is 8.99. The van der Waals surface area contributed by atoms with Crippen LogP contribution in [0.1, 0.15) is 19.4 Å². The molecule has 0 saturated carbocycles. The topological polar surface area (TPSA) is 79.6 Å². The quantitative estimate of drug-likeness (QED) is 0.373. The molecule has 0 aliphatic rings. The number of hydrazone groups is 1. The monoisotopic (exact) mass is 280 g/mol. The lowest BCUT2D eigenvalue weighted by atomic mass is 10.2. The zero-order valence-electron chi connectivity index (χ0n) is 10.8. The number of benzene rings is 1. The Hall–Kier alpha value is -2.02. The van der Waals surface area contributed by atoms with Gasteiger partial charge in [-0.3, -0.25) is 15.5 Å². The molecule has 0 aliphatic carbocycles. The lowest BCUT2D eigenvalue weighted by molar-refractivity contribution is -0.384. The van der Waals surface area contributed by atoms with Crippen molar-refractivity contribution < 1.29 is 4.92 Å². The van der Waals surface area contributed by atoms with E-state index in [1.54, 1.807) is 18.3 Å². The fourth-order valence-corrected chi connectivity index (χ4v) is 1.32. The van der Waals surface area contributed by atoms with E-state index in [0.717, 1.165) is 12.1 Å². The lowest BCUT2D eigenvalue weighted by Gasteiger charge is -2.08. The van der Waals surface area contributed by atoms with Crippen molar-refractivity contribution in [3.8, 4) is 0 Å². The van der Waals surface area contributed by atoms with Crippen molar-refractivity contribution in [1.29, 1.82) is 0 Å². The number of nitro benzene ring substituents is 1. The molecule has 2 N–H and O–H groups in total. The van der Waals surface area contributed by atoms with Crippen molar-refractivity contribution in [2.75, 3.05) is 6.54 Å². The van der Waals surface area contributed by atoms with E-state index in [9.17, 15) is 10.1 Å². The number of nitrogens with one attached hydrogen (secondary N) is 2. The Labute approximate surface area is 117 Å². The van der Waals surface area contributed by atoms with Gasteiger partial charge in [-0.1, -0.05) is 13.8 Å². The van der Waals surface area contributed by atoms with Gasteiger partial charge in [-0.05, 0) is 35.8 Å². The van der Waals surface area contributed by atoms with Crippen molar-refractivity contribution in [2.24, 2.45) is 11.0 Å². The molecule has 6 nitrogen and oxygen atoms in total. The molecule has 0 heterocycles. The third-order valence-electron chi connectivity index (χ3n) is 2.15. The predicted molar refractivity (Wildman–Crippen MR) is 79.3 cm³/mol. The van der Waals surface area contributed by atoms with Crippen LogP contribution in [0.3, 0.4) is 0 Å². The summed E-state index contributed by atoms with van der Waals surface area (Å²) in [4.78, 5) is 10.0. The molecule has 7 heteroatoms. The smallest absolute Gasteiger partial charge is 0.269 e. The Kier molecular flexibility index (Phi) is 5.87. The van der Waals surface area contributed by atoms with Crippen LogP contribution in [0.15, 0.2) is 29.4 Å². The van der Waals surface area contributed by atoms with Crippen LogP contribution in [0.25, 0.3) is 0 Å². The highest BCUT2D eigenvalue weighted by molar-refractivity contribution is 7.80. The van der Waals surface area contributed by atoms with E-state index < -0.39 is 4.92 Å². The molecule has 0 bridgehead atoms. The summed E-state index contributed by atoms with van der Waals surface area (Å²) in [6.07, 6.45) is 1.55. The number of nitro groups is 1. The van der Waals surface area contributed by atoms with Crippen molar-refractivity contribution in [3.05, 3.63) is 39.9 Å². The van der Waals surface area contributed by atoms with Crippen molar-refractivity contribution in [3.63, 3.8) is 0 Å². The molecule has 102 valence electrons. The summed E-state index contributed by atoms with van der Waals surface area (Å²) in [5, 5.41) is 17.9. The highest BCUT2D eigenvalue weighted by Gasteiger charge is 2.02. The van der Waals surface area contributed by atoms with Gasteiger partial charge in [-0.2, -0.15) is 5.10 Å². The Morgan fingerprint density at radius 1 is 1.47 bits per heavy atom. The van der Waals surface area contributed by atoms with E-state index in [1.807, 2.05) is 0 Å². The van der Waals surface area contributed by atoms with Crippen molar-refractivity contribution in [1.82, 2.24) is 10.7 Å². The standard InChI is InChI=1S/C12H16N4O2S/c1-9(2)7-13-12(19)15-14-8-10-3-5-11(6-4-10)16(17)18/h3-6,8-9H,7H2,1-2H3,(H2,13,15,19)/b14-8+. The molecule has 0 amide bonds. The molecule has 0 unspecified atom stereocenters. The molecule has 1 rings (SSSR count). The fourth-order valence-electron chi connectivity index (χ4n) is 1.18. The molecule has 0 radical (unpaired) electrons. The molecule has 0 aliphatic heterocycles. The third kappa shape index (κ3) is 5.91. The molecule has 0 atom stereocenters. The van der Waals surface area contributed by atoms with Crippen LogP contribution in [0.2, 0.25) is 0 Å². The minimum Gasteiger partial charge on any atom is -0.361 e. The number of thiocarbonyl (C=S) groups is 1. The van der Waals surface area contributed by atoms with Crippen molar-refractivity contribution in [2.45, 2.75) is 13.8 Å². The third-order valence-corrected chi connectivity index (χ3v) is 2.39. The Bertz CT molecular complexity index is 471. The molecule has 0 fully saturated rings. The van der Waals surface area contributed by atoms with E-state index in [4.69, 9.17) is 12.2 Å². The number of rotatable bonds is 5.